The quantitative estimate of drug-likeness (QED) is 0.431. The van der Waals surface area contributed by atoms with Gasteiger partial charge in [0.1, 0.15) is 0 Å². The lowest BCUT2D eigenvalue weighted by Crippen LogP contribution is -2.49. The number of aryl methyl sites for hydroxylation is 2. The number of carbonyl (C=O) groups is 2. The van der Waals surface area contributed by atoms with Crippen molar-refractivity contribution in [2.75, 3.05) is 16.8 Å². The molecule has 0 bridgehead atoms. The number of amides is 2. The van der Waals surface area contributed by atoms with Crippen LogP contribution in [0, 0.1) is 24.7 Å². The van der Waals surface area contributed by atoms with Crippen molar-refractivity contribution in [1.82, 2.24) is 0 Å². The van der Waals surface area contributed by atoms with E-state index in [-0.39, 0.29) is 24.9 Å². The van der Waals surface area contributed by atoms with Gasteiger partial charge in [-0.1, -0.05) is 39.0 Å². The number of nitrogens with one attached hydrogen (secondary N) is 1. The molecular formula is C26H28F6N2O2. The van der Waals surface area contributed by atoms with Gasteiger partial charge in [-0.05, 0) is 55.0 Å². The molecule has 1 atom stereocenters. The summed E-state index contributed by atoms with van der Waals surface area (Å²) < 4.78 is 80.0. The molecule has 2 aromatic rings. The predicted octanol–water partition coefficient (Wildman–Crippen LogP) is 7.14. The van der Waals surface area contributed by atoms with Gasteiger partial charge < -0.3 is 10.2 Å². The largest absolute Gasteiger partial charge is 0.416 e. The number of hydrogen-bond donors (Lipinski definition) is 1. The van der Waals surface area contributed by atoms with Gasteiger partial charge in [0.25, 0.3) is 0 Å². The van der Waals surface area contributed by atoms with Crippen molar-refractivity contribution < 1.29 is 35.9 Å². The van der Waals surface area contributed by atoms with Crippen molar-refractivity contribution in [1.29, 1.82) is 0 Å². The number of alkyl halides is 6. The summed E-state index contributed by atoms with van der Waals surface area (Å²) in [6, 6.07) is 6.42. The fourth-order valence-corrected chi connectivity index (χ4v) is 4.73. The fourth-order valence-electron chi connectivity index (χ4n) is 4.73. The van der Waals surface area contributed by atoms with E-state index in [1.165, 1.54) is 4.90 Å². The lowest BCUT2D eigenvalue weighted by molar-refractivity contribution is -0.143. The average molecular weight is 515 g/mol. The molecule has 0 spiro atoms. The minimum Gasteiger partial charge on any atom is -0.325 e. The summed E-state index contributed by atoms with van der Waals surface area (Å²) in [4.78, 5) is 28.4. The molecule has 2 aromatic carbocycles. The van der Waals surface area contributed by atoms with E-state index >= 15 is 0 Å². The molecule has 1 saturated heterocycles. The van der Waals surface area contributed by atoms with Crippen molar-refractivity contribution in [2.45, 2.75) is 59.8 Å². The smallest absolute Gasteiger partial charge is 0.325 e. The third kappa shape index (κ3) is 4.95. The highest BCUT2D eigenvalue weighted by Crippen LogP contribution is 2.51. The second-order valence-electron chi connectivity index (χ2n) is 9.97. The summed E-state index contributed by atoms with van der Waals surface area (Å²) in [6.07, 6.45) is -9.91. The van der Waals surface area contributed by atoms with E-state index in [1.54, 1.807) is 13.8 Å². The molecule has 0 saturated carbocycles. The van der Waals surface area contributed by atoms with E-state index in [4.69, 9.17) is 0 Å². The fraction of sp³-hybridized carbons (Fsp3) is 0.462. The Kier molecular flexibility index (Phi) is 6.98. The number of nitrogens with zero attached hydrogens (tertiary/aromatic N) is 1. The van der Waals surface area contributed by atoms with Crippen LogP contribution >= 0.6 is 0 Å². The number of carbonyl (C=O) groups excluding carboxylic acids is 2. The van der Waals surface area contributed by atoms with E-state index < -0.39 is 45.9 Å². The first-order chi connectivity index (χ1) is 16.4. The summed E-state index contributed by atoms with van der Waals surface area (Å²) in [5.41, 5.74) is -3.66. The van der Waals surface area contributed by atoms with Crippen LogP contribution in [0.25, 0.3) is 0 Å². The maximum Gasteiger partial charge on any atom is 0.416 e. The van der Waals surface area contributed by atoms with Crippen molar-refractivity contribution in [3.05, 3.63) is 58.7 Å². The molecule has 4 nitrogen and oxygen atoms in total. The van der Waals surface area contributed by atoms with E-state index in [0.717, 1.165) is 11.1 Å². The Hall–Kier alpha value is -3.04. The minimum atomic E-state index is -5.05. The number of halogens is 6. The van der Waals surface area contributed by atoms with Gasteiger partial charge in [-0.3, -0.25) is 9.59 Å². The zero-order chi connectivity index (χ0) is 27.3. The highest BCUT2D eigenvalue weighted by molar-refractivity contribution is 6.07. The summed E-state index contributed by atoms with van der Waals surface area (Å²) in [5.74, 6) is -1.15. The van der Waals surface area contributed by atoms with Crippen LogP contribution in [-0.2, 0) is 21.9 Å². The van der Waals surface area contributed by atoms with Gasteiger partial charge >= 0.3 is 12.4 Å². The Morgan fingerprint density at radius 2 is 1.47 bits per heavy atom. The van der Waals surface area contributed by atoms with Gasteiger partial charge in [0.2, 0.25) is 11.8 Å². The van der Waals surface area contributed by atoms with Gasteiger partial charge in [-0.15, -0.1) is 0 Å². The maximum atomic E-state index is 13.7. The molecule has 1 aliphatic heterocycles. The first-order valence-electron chi connectivity index (χ1n) is 11.4. The van der Waals surface area contributed by atoms with Gasteiger partial charge in [0.15, 0.2) is 0 Å². The molecule has 1 aliphatic rings. The Morgan fingerprint density at radius 3 is 1.92 bits per heavy atom. The van der Waals surface area contributed by atoms with Crippen molar-refractivity contribution in [3.63, 3.8) is 0 Å². The second kappa shape index (κ2) is 9.12. The number of para-hydroxylation sites is 1. The van der Waals surface area contributed by atoms with Crippen LogP contribution in [0.2, 0.25) is 0 Å². The second-order valence-corrected chi connectivity index (χ2v) is 9.97. The normalized spacial score (nSPS) is 19.1. The highest BCUT2D eigenvalue weighted by Gasteiger charge is 2.57. The van der Waals surface area contributed by atoms with E-state index in [2.05, 4.69) is 5.32 Å². The molecule has 0 aromatic heterocycles. The maximum absolute atomic E-state index is 13.7. The third-order valence-corrected chi connectivity index (χ3v) is 7.35. The van der Waals surface area contributed by atoms with E-state index in [9.17, 15) is 35.9 Å². The van der Waals surface area contributed by atoms with Crippen molar-refractivity contribution in [3.8, 4) is 0 Å². The standard InChI is InChI=1S/C26H28F6N2O2/c1-6-23(4,5)24(13-20(35)34(14-24)21-15(2)8-7-9-16(21)3)22(36)33-19-11-17(25(27,28)29)10-18(12-19)26(30,31)32/h7-12H,6,13-14H2,1-5H3,(H,33,36). The molecule has 3 rings (SSSR count). The number of anilines is 2. The number of rotatable bonds is 5. The molecule has 1 fully saturated rings. The SMILES string of the molecule is CCC(C)(C)C1(C(=O)Nc2cc(C(F)(F)F)cc(C(F)(F)F)c2)CC(=O)N(c2c(C)cccc2C)C1. The van der Waals surface area contributed by atoms with Crippen LogP contribution in [0.1, 0.15) is 55.9 Å². The lowest BCUT2D eigenvalue weighted by atomic mass is 9.62. The molecule has 1 heterocycles. The summed E-state index contributed by atoms with van der Waals surface area (Å²) in [6.45, 7) is 8.93. The van der Waals surface area contributed by atoms with Crippen molar-refractivity contribution >= 4 is 23.2 Å². The molecule has 0 aliphatic carbocycles. The zero-order valence-corrected chi connectivity index (χ0v) is 20.6. The van der Waals surface area contributed by atoms with Gasteiger partial charge in [0.05, 0.1) is 16.5 Å². The molecule has 10 heteroatoms. The van der Waals surface area contributed by atoms with Gasteiger partial charge in [0, 0.05) is 24.3 Å². The van der Waals surface area contributed by atoms with Gasteiger partial charge in [-0.2, -0.15) is 26.3 Å². The molecular weight excluding hydrogens is 486 g/mol. The molecule has 1 unspecified atom stereocenters. The summed E-state index contributed by atoms with van der Waals surface area (Å²) >= 11 is 0. The first kappa shape index (κ1) is 27.5. The summed E-state index contributed by atoms with van der Waals surface area (Å²) in [5, 5.41) is 2.29. The number of hydrogen-bond acceptors (Lipinski definition) is 2. The van der Waals surface area contributed by atoms with Gasteiger partial charge in [-0.25, -0.2) is 0 Å². The summed E-state index contributed by atoms with van der Waals surface area (Å²) in [7, 11) is 0. The first-order valence-corrected chi connectivity index (χ1v) is 11.4. The Labute approximate surface area is 205 Å². The van der Waals surface area contributed by atoms with E-state index in [1.807, 2.05) is 39.0 Å². The predicted molar refractivity (Wildman–Crippen MR) is 124 cm³/mol. The Balaban J connectivity index is 2.09. The van der Waals surface area contributed by atoms with Crippen LogP contribution in [0.3, 0.4) is 0 Å². The Bertz CT molecular complexity index is 1130. The van der Waals surface area contributed by atoms with Crippen molar-refractivity contribution in [2.24, 2.45) is 10.8 Å². The zero-order valence-electron chi connectivity index (χ0n) is 20.6. The molecule has 196 valence electrons. The monoisotopic (exact) mass is 514 g/mol. The Morgan fingerprint density at radius 1 is 0.972 bits per heavy atom. The molecule has 1 N–H and O–H groups in total. The van der Waals surface area contributed by atoms with Crippen LogP contribution in [0.15, 0.2) is 36.4 Å². The molecule has 36 heavy (non-hydrogen) atoms. The van der Waals surface area contributed by atoms with Crippen LogP contribution in [0.5, 0.6) is 0 Å². The average Bonchev–Trinajstić information content (AvgIpc) is 3.11. The van der Waals surface area contributed by atoms with Crippen LogP contribution in [-0.4, -0.2) is 18.4 Å². The van der Waals surface area contributed by atoms with E-state index in [0.29, 0.717) is 24.2 Å². The van der Waals surface area contributed by atoms with Crippen LogP contribution < -0.4 is 10.2 Å². The number of benzene rings is 2. The molecule has 2 amide bonds. The van der Waals surface area contributed by atoms with Crippen LogP contribution in [0.4, 0.5) is 37.7 Å². The minimum absolute atomic E-state index is 0.00317. The topological polar surface area (TPSA) is 49.4 Å². The lowest BCUT2D eigenvalue weighted by Gasteiger charge is -2.42. The third-order valence-electron chi connectivity index (χ3n) is 7.35. The highest BCUT2D eigenvalue weighted by atomic mass is 19.4. The molecule has 0 radical (unpaired) electrons.